The summed E-state index contributed by atoms with van der Waals surface area (Å²) in [6.07, 6.45) is 1.02. The van der Waals surface area contributed by atoms with E-state index < -0.39 is 11.7 Å². The third-order valence-corrected chi connectivity index (χ3v) is 4.33. The molecule has 0 bridgehead atoms. The number of alkyl halides is 3. The first-order valence-corrected chi connectivity index (χ1v) is 7.84. The van der Waals surface area contributed by atoms with Gasteiger partial charge in [0, 0.05) is 24.4 Å². The largest absolute Gasteiger partial charge is 0.416 e. The van der Waals surface area contributed by atoms with Gasteiger partial charge in [-0.15, -0.1) is 0 Å². The number of halogens is 3. The molecule has 1 aliphatic rings. The summed E-state index contributed by atoms with van der Waals surface area (Å²) in [5.41, 5.74) is 2.87. The molecular weight excluding hydrogens is 317 g/mol. The van der Waals surface area contributed by atoms with E-state index in [4.69, 9.17) is 0 Å². The third-order valence-electron chi connectivity index (χ3n) is 4.33. The minimum absolute atomic E-state index is 0.0206. The number of pyridine rings is 1. The summed E-state index contributed by atoms with van der Waals surface area (Å²) >= 11 is 0. The van der Waals surface area contributed by atoms with Gasteiger partial charge in [-0.1, -0.05) is 19.1 Å². The number of hydrogen-bond acceptors (Lipinski definition) is 2. The number of hydrogen-bond donors (Lipinski definition) is 1. The van der Waals surface area contributed by atoms with Crippen LogP contribution in [0.25, 0.3) is 11.1 Å². The van der Waals surface area contributed by atoms with Crippen LogP contribution in [-0.4, -0.2) is 10.9 Å². The van der Waals surface area contributed by atoms with E-state index in [1.54, 1.807) is 19.3 Å². The van der Waals surface area contributed by atoms with Gasteiger partial charge in [-0.2, -0.15) is 13.2 Å². The molecule has 24 heavy (non-hydrogen) atoms. The van der Waals surface area contributed by atoms with Gasteiger partial charge in [0.15, 0.2) is 0 Å². The van der Waals surface area contributed by atoms with E-state index in [0.717, 1.165) is 41.7 Å². The monoisotopic (exact) mass is 334 g/mol. The van der Waals surface area contributed by atoms with Crippen LogP contribution < -0.4 is 5.32 Å². The van der Waals surface area contributed by atoms with E-state index in [2.05, 4.69) is 10.3 Å². The van der Waals surface area contributed by atoms with Crippen LogP contribution >= 0.6 is 0 Å². The van der Waals surface area contributed by atoms with Crippen LogP contribution in [0, 0.1) is 0 Å². The number of nitrogens with zero attached hydrogens (tertiary/aromatic N) is 1. The molecule has 1 aliphatic carbocycles. The van der Waals surface area contributed by atoms with Gasteiger partial charge in [0.25, 0.3) is 0 Å². The lowest BCUT2D eigenvalue weighted by atomic mass is 9.98. The maximum atomic E-state index is 12.7. The Morgan fingerprint density at radius 2 is 1.96 bits per heavy atom. The van der Waals surface area contributed by atoms with Gasteiger partial charge < -0.3 is 5.32 Å². The summed E-state index contributed by atoms with van der Waals surface area (Å²) in [5, 5.41) is 2.96. The van der Waals surface area contributed by atoms with E-state index in [1.165, 1.54) is 12.1 Å². The maximum Gasteiger partial charge on any atom is 0.416 e. The molecule has 6 heteroatoms. The van der Waals surface area contributed by atoms with Crippen molar-refractivity contribution in [2.24, 2.45) is 0 Å². The van der Waals surface area contributed by atoms with E-state index in [9.17, 15) is 18.0 Å². The topological polar surface area (TPSA) is 42.0 Å². The smallest absolute Gasteiger partial charge is 0.349 e. The highest BCUT2D eigenvalue weighted by molar-refractivity contribution is 5.77. The lowest BCUT2D eigenvalue weighted by molar-refractivity contribution is -0.137. The Kier molecular flexibility index (Phi) is 4.30. The molecule has 0 unspecified atom stereocenters. The van der Waals surface area contributed by atoms with E-state index >= 15 is 0 Å². The normalized spacial score (nSPS) is 16.8. The van der Waals surface area contributed by atoms with Crippen LogP contribution in [0.5, 0.6) is 0 Å². The molecule has 0 radical (unpaired) electrons. The van der Waals surface area contributed by atoms with Gasteiger partial charge in [0.1, 0.15) is 0 Å². The van der Waals surface area contributed by atoms with Crippen molar-refractivity contribution >= 4 is 5.91 Å². The van der Waals surface area contributed by atoms with Crippen LogP contribution in [0.2, 0.25) is 0 Å². The summed E-state index contributed by atoms with van der Waals surface area (Å²) in [4.78, 5) is 15.8. The summed E-state index contributed by atoms with van der Waals surface area (Å²) in [5.74, 6) is -0.0206. The van der Waals surface area contributed by atoms with Crippen molar-refractivity contribution in [3.63, 3.8) is 0 Å². The number of carbonyl (C=O) groups excluding carboxylic acids is 1. The van der Waals surface area contributed by atoms with Crippen molar-refractivity contribution < 1.29 is 18.0 Å². The number of benzene rings is 1. The highest BCUT2D eigenvalue weighted by Gasteiger charge is 2.30. The van der Waals surface area contributed by atoms with Gasteiger partial charge in [-0.25, -0.2) is 0 Å². The van der Waals surface area contributed by atoms with Crippen LogP contribution in [0.3, 0.4) is 0 Å². The molecule has 0 spiro atoms. The van der Waals surface area contributed by atoms with Gasteiger partial charge in [-0.05, 0) is 41.7 Å². The zero-order chi connectivity index (χ0) is 17.3. The van der Waals surface area contributed by atoms with Crippen molar-refractivity contribution in [2.75, 3.05) is 0 Å². The minimum Gasteiger partial charge on any atom is -0.349 e. The molecular formula is C18H17F3N2O. The fourth-order valence-electron chi connectivity index (χ4n) is 3.06. The SMILES string of the molecule is CCC(=O)N[C@@H]1CCc2c(-c3ccc(C(F)(F)F)cc3)cncc21. The molecule has 1 amide bonds. The number of carbonyl (C=O) groups is 1. The Labute approximate surface area is 137 Å². The number of aromatic nitrogens is 1. The first-order chi connectivity index (χ1) is 11.4. The number of rotatable bonds is 3. The lowest BCUT2D eigenvalue weighted by Gasteiger charge is -2.14. The molecule has 0 saturated heterocycles. The summed E-state index contributed by atoms with van der Waals surface area (Å²) in [6.45, 7) is 1.79. The standard InChI is InChI=1S/C18H17F3N2O/c1-2-17(24)23-16-8-7-13-14(9-22-10-15(13)16)11-3-5-12(6-4-11)18(19,20)21/h3-6,9-10,16H,2,7-8H2,1H3,(H,23,24)/t16-/m1/s1. The highest BCUT2D eigenvalue weighted by Crippen LogP contribution is 2.38. The average Bonchev–Trinajstić information content (AvgIpc) is 2.97. The molecule has 2 aromatic rings. The Balaban J connectivity index is 1.93. The molecule has 0 saturated carbocycles. The predicted molar refractivity (Wildman–Crippen MR) is 84.2 cm³/mol. The van der Waals surface area contributed by atoms with Crippen molar-refractivity contribution in [3.8, 4) is 11.1 Å². The third kappa shape index (κ3) is 3.13. The second-order valence-corrected chi connectivity index (χ2v) is 5.84. The first-order valence-electron chi connectivity index (χ1n) is 7.84. The van der Waals surface area contributed by atoms with Crippen molar-refractivity contribution in [1.82, 2.24) is 10.3 Å². The molecule has 1 heterocycles. The van der Waals surface area contributed by atoms with E-state index in [0.29, 0.717) is 12.0 Å². The Bertz CT molecular complexity index is 754. The lowest BCUT2D eigenvalue weighted by Crippen LogP contribution is -2.26. The molecule has 126 valence electrons. The number of nitrogens with one attached hydrogen (secondary N) is 1. The van der Waals surface area contributed by atoms with Crippen molar-refractivity contribution in [2.45, 2.75) is 38.4 Å². The maximum absolute atomic E-state index is 12.7. The number of amides is 1. The second kappa shape index (κ2) is 6.26. The molecule has 0 aliphatic heterocycles. The fourth-order valence-corrected chi connectivity index (χ4v) is 3.06. The Hall–Kier alpha value is -2.37. The van der Waals surface area contributed by atoms with E-state index in [-0.39, 0.29) is 11.9 Å². The van der Waals surface area contributed by atoms with Crippen LogP contribution in [0.1, 0.15) is 42.5 Å². The highest BCUT2D eigenvalue weighted by atomic mass is 19.4. The number of fused-ring (bicyclic) bond motifs is 1. The van der Waals surface area contributed by atoms with Crippen LogP contribution in [0.15, 0.2) is 36.7 Å². The predicted octanol–water partition coefficient (Wildman–Crippen LogP) is 4.28. The van der Waals surface area contributed by atoms with Crippen molar-refractivity contribution in [1.29, 1.82) is 0 Å². The minimum atomic E-state index is -4.34. The molecule has 0 fully saturated rings. The summed E-state index contributed by atoms with van der Waals surface area (Å²) in [6, 6.07) is 5.03. The van der Waals surface area contributed by atoms with E-state index in [1.807, 2.05) is 0 Å². The first kappa shape index (κ1) is 16.5. The molecule has 1 aromatic carbocycles. The Morgan fingerprint density at radius 3 is 2.58 bits per heavy atom. The summed E-state index contributed by atoms with van der Waals surface area (Å²) < 4.78 is 38.1. The van der Waals surface area contributed by atoms with Crippen molar-refractivity contribution in [3.05, 3.63) is 53.3 Å². The zero-order valence-corrected chi connectivity index (χ0v) is 13.2. The zero-order valence-electron chi connectivity index (χ0n) is 13.2. The molecule has 1 atom stereocenters. The molecule has 3 rings (SSSR count). The Morgan fingerprint density at radius 1 is 1.25 bits per heavy atom. The van der Waals surface area contributed by atoms with Crippen LogP contribution in [0.4, 0.5) is 13.2 Å². The second-order valence-electron chi connectivity index (χ2n) is 5.84. The summed E-state index contributed by atoms with van der Waals surface area (Å²) in [7, 11) is 0. The average molecular weight is 334 g/mol. The van der Waals surface area contributed by atoms with Gasteiger partial charge in [0.05, 0.1) is 11.6 Å². The molecule has 1 N–H and O–H groups in total. The van der Waals surface area contributed by atoms with Gasteiger partial charge in [0.2, 0.25) is 5.91 Å². The quantitative estimate of drug-likeness (QED) is 0.910. The molecule has 3 nitrogen and oxygen atoms in total. The molecule has 1 aromatic heterocycles. The fraction of sp³-hybridized carbons (Fsp3) is 0.333. The van der Waals surface area contributed by atoms with Crippen LogP contribution in [-0.2, 0) is 17.4 Å². The van der Waals surface area contributed by atoms with Gasteiger partial charge in [-0.3, -0.25) is 9.78 Å². The van der Waals surface area contributed by atoms with Gasteiger partial charge >= 0.3 is 6.18 Å².